The molecule has 84 valence electrons. The number of rotatable bonds is 1. The molecule has 0 saturated heterocycles. The van der Waals surface area contributed by atoms with E-state index in [1.165, 1.54) is 0 Å². The molecular weight excluding hydrogens is 212 g/mol. The molecule has 0 N–H and O–H groups in total. The van der Waals surface area contributed by atoms with Crippen LogP contribution in [0.1, 0.15) is 22.6 Å². The average molecular weight is 224 g/mol. The number of fused-ring (bicyclic) bond motifs is 2. The molecule has 0 amide bonds. The third kappa shape index (κ3) is 1.45. The van der Waals surface area contributed by atoms with Gasteiger partial charge in [-0.05, 0) is 24.6 Å². The molecule has 1 aliphatic rings. The van der Waals surface area contributed by atoms with Crippen LogP contribution in [0.25, 0.3) is 0 Å². The van der Waals surface area contributed by atoms with E-state index in [1.54, 1.807) is 0 Å². The average Bonchev–Trinajstić information content (AvgIpc) is 2.36. The van der Waals surface area contributed by atoms with Crippen molar-refractivity contribution in [1.82, 2.24) is 0 Å². The van der Waals surface area contributed by atoms with Gasteiger partial charge in [0.25, 0.3) is 0 Å². The summed E-state index contributed by atoms with van der Waals surface area (Å²) in [6.45, 7) is 2.01. The first-order chi connectivity index (χ1) is 8.31. The van der Waals surface area contributed by atoms with E-state index >= 15 is 0 Å². The second-order valence-corrected chi connectivity index (χ2v) is 4.24. The minimum Gasteiger partial charge on any atom is -0.457 e. The van der Waals surface area contributed by atoms with Crippen molar-refractivity contribution in [3.63, 3.8) is 0 Å². The summed E-state index contributed by atoms with van der Waals surface area (Å²) in [5.41, 5.74) is 3.03. The SMILES string of the molecule is Cc1cccc2c1C(C=O)c1ccccc1O2. The molecule has 1 heterocycles. The van der Waals surface area contributed by atoms with Gasteiger partial charge >= 0.3 is 0 Å². The number of hydrogen-bond donors (Lipinski definition) is 0. The molecule has 1 unspecified atom stereocenters. The molecule has 1 atom stereocenters. The molecule has 0 aromatic heterocycles. The van der Waals surface area contributed by atoms with E-state index in [4.69, 9.17) is 4.74 Å². The van der Waals surface area contributed by atoms with Gasteiger partial charge in [-0.25, -0.2) is 0 Å². The molecule has 2 heteroatoms. The Morgan fingerprint density at radius 2 is 1.82 bits per heavy atom. The highest BCUT2D eigenvalue weighted by molar-refractivity contribution is 5.75. The predicted molar refractivity (Wildman–Crippen MR) is 65.6 cm³/mol. The number of aryl methyl sites for hydroxylation is 1. The van der Waals surface area contributed by atoms with Crippen LogP contribution in [0.2, 0.25) is 0 Å². The van der Waals surface area contributed by atoms with Crippen LogP contribution in [0.15, 0.2) is 42.5 Å². The molecule has 17 heavy (non-hydrogen) atoms. The second kappa shape index (κ2) is 3.74. The van der Waals surface area contributed by atoms with E-state index in [0.717, 1.165) is 34.5 Å². The Morgan fingerprint density at radius 3 is 2.65 bits per heavy atom. The first kappa shape index (κ1) is 10.1. The molecule has 0 saturated carbocycles. The molecular formula is C15H12O2. The number of benzene rings is 2. The Labute approximate surface area is 99.9 Å². The fourth-order valence-corrected chi connectivity index (χ4v) is 2.39. The molecule has 1 aliphatic heterocycles. The molecule has 0 fully saturated rings. The highest BCUT2D eigenvalue weighted by Crippen LogP contribution is 2.44. The molecule has 0 aliphatic carbocycles. The number of carbonyl (C=O) groups excluding carboxylic acids is 1. The second-order valence-electron chi connectivity index (χ2n) is 4.24. The minimum absolute atomic E-state index is 0.212. The highest BCUT2D eigenvalue weighted by atomic mass is 16.5. The number of para-hydroxylation sites is 1. The summed E-state index contributed by atoms with van der Waals surface area (Å²) in [5.74, 6) is 1.36. The predicted octanol–water partition coefficient (Wildman–Crippen LogP) is 3.43. The third-order valence-corrected chi connectivity index (χ3v) is 3.21. The van der Waals surface area contributed by atoms with Gasteiger partial charge in [-0.1, -0.05) is 30.3 Å². The van der Waals surface area contributed by atoms with Gasteiger partial charge in [-0.3, -0.25) is 0 Å². The number of aldehydes is 1. The van der Waals surface area contributed by atoms with Crippen molar-refractivity contribution in [3.05, 3.63) is 59.2 Å². The Balaban J connectivity index is 2.26. The lowest BCUT2D eigenvalue weighted by atomic mass is 9.86. The number of hydrogen-bond acceptors (Lipinski definition) is 2. The zero-order valence-electron chi connectivity index (χ0n) is 9.51. The van der Waals surface area contributed by atoms with Crippen LogP contribution in [-0.4, -0.2) is 6.29 Å². The summed E-state index contributed by atoms with van der Waals surface area (Å²) in [5, 5.41) is 0. The first-order valence-electron chi connectivity index (χ1n) is 5.63. The van der Waals surface area contributed by atoms with E-state index in [-0.39, 0.29) is 5.92 Å². The lowest BCUT2D eigenvalue weighted by Gasteiger charge is -2.26. The van der Waals surface area contributed by atoms with E-state index in [0.29, 0.717) is 0 Å². The quantitative estimate of drug-likeness (QED) is 0.694. The normalized spacial score (nSPS) is 16.6. The van der Waals surface area contributed by atoms with Crippen molar-refractivity contribution in [2.24, 2.45) is 0 Å². The van der Waals surface area contributed by atoms with E-state index in [1.807, 2.05) is 49.4 Å². The summed E-state index contributed by atoms with van der Waals surface area (Å²) in [6.07, 6.45) is 0.993. The summed E-state index contributed by atoms with van der Waals surface area (Å²) < 4.78 is 5.83. The largest absolute Gasteiger partial charge is 0.457 e. The summed E-state index contributed by atoms with van der Waals surface area (Å²) in [6, 6.07) is 13.6. The first-order valence-corrected chi connectivity index (χ1v) is 5.63. The molecule has 0 radical (unpaired) electrons. The Kier molecular flexibility index (Phi) is 2.22. The molecule has 2 nitrogen and oxygen atoms in total. The molecule has 2 aromatic carbocycles. The summed E-state index contributed by atoms with van der Waals surface area (Å²) in [4.78, 5) is 11.4. The van der Waals surface area contributed by atoms with Crippen molar-refractivity contribution in [1.29, 1.82) is 0 Å². The van der Waals surface area contributed by atoms with Gasteiger partial charge in [-0.2, -0.15) is 0 Å². The molecule has 2 aromatic rings. The Hall–Kier alpha value is -2.09. The van der Waals surface area contributed by atoms with Crippen LogP contribution >= 0.6 is 0 Å². The van der Waals surface area contributed by atoms with Gasteiger partial charge in [0.05, 0.1) is 5.92 Å². The van der Waals surface area contributed by atoms with Crippen LogP contribution in [0.3, 0.4) is 0 Å². The van der Waals surface area contributed by atoms with Gasteiger partial charge in [0.15, 0.2) is 0 Å². The molecule has 0 bridgehead atoms. The van der Waals surface area contributed by atoms with Gasteiger partial charge < -0.3 is 9.53 Å². The lowest BCUT2D eigenvalue weighted by Crippen LogP contribution is -2.12. The Bertz CT molecular complexity index is 587. The maximum atomic E-state index is 11.4. The van der Waals surface area contributed by atoms with Gasteiger partial charge in [0.2, 0.25) is 0 Å². The van der Waals surface area contributed by atoms with Gasteiger partial charge in [0.1, 0.15) is 17.8 Å². The fraction of sp³-hybridized carbons (Fsp3) is 0.133. The van der Waals surface area contributed by atoms with Crippen molar-refractivity contribution in [2.75, 3.05) is 0 Å². The van der Waals surface area contributed by atoms with Crippen molar-refractivity contribution < 1.29 is 9.53 Å². The van der Waals surface area contributed by atoms with Crippen LogP contribution in [-0.2, 0) is 4.79 Å². The highest BCUT2D eigenvalue weighted by Gasteiger charge is 2.27. The molecule has 3 rings (SSSR count). The zero-order valence-corrected chi connectivity index (χ0v) is 9.51. The van der Waals surface area contributed by atoms with Gasteiger partial charge in [-0.15, -0.1) is 0 Å². The number of carbonyl (C=O) groups is 1. The van der Waals surface area contributed by atoms with Crippen molar-refractivity contribution in [3.8, 4) is 11.5 Å². The standard InChI is InChI=1S/C15H12O2/c1-10-5-4-8-14-15(10)12(9-16)11-6-2-3-7-13(11)17-14/h2-9,12H,1H3. The number of ether oxygens (including phenoxy) is 1. The smallest absolute Gasteiger partial charge is 0.132 e. The minimum atomic E-state index is -0.212. The van der Waals surface area contributed by atoms with Crippen molar-refractivity contribution in [2.45, 2.75) is 12.8 Å². The maximum absolute atomic E-state index is 11.4. The van der Waals surface area contributed by atoms with Crippen LogP contribution in [0.5, 0.6) is 11.5 Å². The van der Waals surface area contributed by atoms with Crippen LogP contribution in [0.4, 0.5) is 0 Å². The van der Waals surface area contributed by atoms with E-state index < -0.39 is 0 Å². The molecule has 0 spiro atoms. The van der Waals surface area contributed by atoms with E-state index in [2.05, 4.69) is 0 Å². The van der Waals surface area contributed by atoms with Crippen LogP contribution in [0, 0.1) is 6.92 Å². The van der Waals surface area contributed by atoms with Crippen molar-refractivity contribution >= 4 is 6.29 Å². The maximum Gasteiger partial charge on any atom is 0.132 e. The third-order valence-electron chi connectivity index (χ3n) is 3.21. The topological polar surface area (TPSA) is 26.3 Å². The summed E-state index contributed by atoms with van der Waals surface area (Å²) in [7, 11) is 0. The Morgan fingerprint density at radius 1 is 1.06 bits per heavy atom. The zero-order chi connectivity index (χ0) is 11.8. The van der Waals surface area contributed by atoms with Gasteiger partial charge in [0, 0.05) is 11.1 Å². The van der Waals surface area contributed by atoms with E-state index in [9.17, 15) is 4.79 Å². The van der Waals surface area contributed by atoms with Crippen LogP contribution < -0.4 is 4.74 Å². The lowest BCUT2D eigenvalue weighted by molar-refractivity contribution is -0.108. The monoisotopic (exact) mass is 224 g/mol. The fourth-order valence-electron chi connectivity index (χ4n) is 2.39. The summed E-state index contributed by atoms with van der Waals surface area (Å²) >= 11 is 0.